The van der Waals surface area contributed by atoms with Crippen molar-refractivity contribution in [3.05, 3.63) is 108 Å². The fourth-order valence-electron chi connectivity index (χ4n) is 4.91. The maximum absolute atomic E-state index is 11.5. The summed E-state index contributed by atoms with van der Waals surface area (Å²) in [6.07, 6.45) is 3.97. The number of ether oxygens (including phenoxy) is 1. The molecule has 1 fully saturated rings. The summed E-state index contributed by atoms with van der Waals surface area (Å²) in [4.78, 5) is 16.2. The van der Waals surface area contributed by atoms with Crippen LogP contribution in [0, 0.1) is 6.92 Å². The minimum atomic E-state index is -0.975. The van der Waals surface area contributed by atoms with Gasteiger partial charge in [-0.15, -0.1) is 0 Å². The third-order valence-corrected chi connectivity index (χ3v) is 7.23. The Morgan fingerprint density at radius 3 is 2.35 bits per heavy atom. The lowest BCUT2D eigenvalue weighted by molar-refractivity contribution is -0.166. The number of imidazole rings is 1. The smallest absolute Gasteiger partial charge is 0.328 e. The van der Waals surface area contributed by atoms with Crippen LogP contribution >= 0.6 is 0 Å². The number of pyridine rings is 1. The molecule has 5 aromatic rings. The summed E-state index contributed by atoms with van der Waals surface area (Å²) in [5, 5.41) is 12.6. The average Bonchev–Trinajstić information content (AvgIpc) is 3.32. The number of benzene rings is 3. The van der Waals surface area contributed by atoms with E-state index in [-0.39, 0.29) is 13.2 Å². The molecule has 0 unspecified atom stereocenters. The lowest BCUT2D eigenvalue weighted by atomic mass is 9.93. The van der Waals surface area contributed by atoms with Crippen molar-refractivity contribution >= 4 is 11.6 Å². The number of carbonyl (C=O) groups is 1. The van der Waals surface area contributed by atoms with Gasteiger partial charge in [0.1, 0.15) is 5.65 Å². The van der Waals surface area contributed by atoms with Gasteiger partial charge >= 0.3 is 5.97 Å². The topological polar surface area (TPSA) is 75.9 Å². The van der Waals surface area contributed by atoms with Crippen molar-refractivity contribution in [3.8, 4) is 33.5 Å². The van der Waals surface area contributed by atoms with E-state index in [4.69, 9.17) is 9.72 Å². The summed E-state index contributed by atoms with van der Waals surface area (Å²) in [5.41, 5.74) is 8.99. The van der Waals surface area contributed by atoms with E-state index in [2.05, 4.69) is 77.4 Å². The molecule has 2 N–H and O–H groups in total. The predicted molar refractivity (Wildman–Crippen MR) is 144 cm³/mol. The van der Waals surface area contributed by atoms with Crippen molar-refractivity contribution in [3.63, 3.8) is 0 Å². The molecule has 0 bridgehead atoms. The monoisotopic (exact) mass is 489 g/mol. The van der Waals surface area contributed by atoms with Gasteiger partial charge in [0.2, 0.25) is 0 Å². The molecule has 6 heteroatoms. The van der Waals surface area contributed by atoms with Crippen LogP contribution in [-0.4, -0.2) is 39.2 Å². The molecule has 1 saturated heterocycles. The zero-order chi connectivity index (χ0) is 25.4. The molecule has 184 valence electrons. The largest absolute Gasteiger partial charge is 0.480 e. The minimum Gasteiger partial charge on any atom is -0.480 e. The Balaban J connectivity index is 1.25. The van der Waals surface area contributed by atoms with Crippen molar-refractivity contribution in [2.24, 2.45) is 0 Å². The van der Waals surface area contributed by atoms with E-state index < -0.39 is 11.5 Å². The number of carboxylic acid groups (broad SMARTS) is 1. The Morgan fingerprint density at radius 1 is 0.946 bits per heavy atom. The van der Waals surface area contributed by atoms with Crippen LogP contribution in [0.15, 0.2) is 97.3 Å². The van der Waals surface area contributed by atoms with Crippen LogP contribution in [0.3, 0.4) is 0 Å². The van der Waals surface area contributed by atoms with Gasteiger partial charge in [0.05, 0.1) is 25.1 Å². The first kappa shape index (κ1) is 23.2. The van der Waals surface area contributed by atoms with Gasteiger partial charge in [-0.25, -0.2) is 4.98 Å². The van der Waals surface area contributed by atoms with Crippen LogP contribution < -0.4 is 5.32 Å². The molecular formula is C31H27N3O3. The summed E-state index contributed by atoms with van der Waals surface area (Å²) < 4.78 is 7.21. The molecule has 3 heterocycles. The third-order valence-electron chi connectivity index (χ3n) is 7.23. The molecule has 0 saturated carbocycles. The minimum absolute atomic E-state index is 0.195. The molecule has 0 amide bonds. The second-order valence-corrected chi connectivity index (χ2v) is 9.56. The number of nitrogens with zero attached hydrogens (tertiary/aromatic N) is 2. The Morgan fingerprint density at radius 2 is 1.68 bits per heavy atom. The summed E-state index contributed by atoms with van der Waals surface area (Å²) >= 11 is 0. The van der Waals surface area contributed by atoms with E-state index in [9.17, 15) is 9.90 Å². The lowest BCUT2D eigenvalue weighted by Gasteiger charge is -2.38. The number of carboxylic acids is 1. The van der Waals surface area contributed by atoms with Crippen molar-refractivity contribution in [2.75, 3.05) is 13.2 Å². The number of hydrogen-bond donors (Lipinski definition) is 2. The number of aromatic nitrogens is 2. The van der Waals surface area contributed by atoms with Gasteiger partial charge in [-0.05, 0) is 52.4 Å². The van der Waals surface area contributed by atoms with Gasteiger partial charge in [0.25, 0.3) is 0 Å². The van der Waals surface area contributed by atoms with E-state index in [1.807, 2.05) is 36.5 Å². The highest BCUT2D eigenvalue weighted by Gasteiger charge is 2.45. The zero-order valence-corrected chi connectivity index (χ0v) is 20.5. The SMILES string of the molecule is Cc1c(-c2ccccc2)cccc1-c1ccn2c(-c3ccc(CNC4(C(=O)O)COC4)cc3)cnc2c1. The third kappa shape index (κ3) is 4.20. The van der Waals surface area contributed by atoms with Crippen LogP contribution in [0.2, 0.25) is 0 Å². The Labute approximate surface area is 215 Å². The molecule has 1 aliphatic heterocycles. The van der Waals surface area contributed by atoms with Crippen LogP contribution in [0.1, 0.15) is 11.1 Å². The molecular weight excluding hydrogens is 462 g/mol. The van der Waals surface area contributed by atoms with E-state index in [0.717, 1.165) is 28.0 Å². The summed E-state index contributed by atoms with van der Waals surface area (Å²) in [7, 11) is 0. The molecule has 2 aromatic heterocycles. The van der Waals surface area contributed by atoms with Crippen LogP contribution in [-0.2, 0) is 16.1 Å². The Kier molecular flexibility index (Phi) is 5.83. The van der Waals surface area contributed by atoms with E-state index in [1.165, 1.54) is 22.3 Å². The summed E-state index contributed by atoms with van der Waals surface area (Å²) in [6, 6.07) is 29.3. The van der Waals surface area contributed by atoms with Gasteiger partial charge in [0, 0.05) is 18.3 Å². The van der Waals surface area contributed by atoms with Crippen LogP contribution in [0.5, 0.6) is 0 Å². The maximum atomic E-state index is 11.5. The molecule has 0 aliphatic carbocycles. The predicted octanol–water partition coefficient (Wildman–Crippen LogP) is 5.59. The van der Waals surface area contributed by atoms with Crippen molar-refractivity contribution in [1.82, 2.24) is 14.7 Å². The first-order valence-corrected chi connectivity index (χ1v) is 12.3. The van der Waals surface area contributed by atoms with Crippen LogP contribution in [0.25, 0.3) is 39.2 Å². The molecule has 37 heavy (non-hydrogen) atoms. The first-order chi connectivity index (χ1) is 18.0. The number of hydrogen-bond acceptors (Lipinski definition) is 4. The van der Waals surface area contributed by atoms with Gasteiger partial charge in [-0.2, -0.15) is 0 Å². The normalized spacial score (nSPS) is 14.4. The van der Waals surface area contributed by atoms with Gasteiger partial charge < -0.3 is 9.84 Å². The summed E-state index contributed by atoms with van der Waals surface area (Å²) in [6.45, 7) is 3.03. The fraction of sp³-hybridized carbons (Fsp3) is 0.161. The molecule has 6 nitrogen and oxygen atoms in total. The maximum Gasteiger partial charge on any atom is 0.328 e. The fourth-order valence-corrected chi connectivity index (χ4v) is 4.91. The zero-order valence-electron chi connectivity index (χ0n) is 20.5. The second-order valence-electron chi connectivity index (χ2n) is 9.56. The molecule has 0 radical (unpaired) electrons. The van der Waals surface area contributed by atoms with Crippen LogP contribution in [0.4, 0.5) is 0 Å². The molecule has 1 aliphatic rings. The lowest BCUT2D eigenvalue weighted by Crippen LogP contribution is -2.65. The number of rotatable bonds is 7. The van der Waals surface area contributed by atoms with Crippen molar-refractivity contribution in [1.29, 1.82) is 0 Å². The Bertz CT molecular complexity index is 1590. The van der Waals surface area contributed by atoms with Gasteiger partial charge in [-0.3, -0.25) is 14.5 Å². The molecule has 0 spiro atoms. The Hall–Kier alpha value is -4.26. The van der Waals surface area contributed by atoms with Crippen molar-refractivity contribution < 1.29 is 14.6 Å². The number of fused-ring (bicyclic) bond motifs is 1. The average molecular weight is 490 g/mol. The molecule has 0 atom stereocenters. The quantitative estimate of drug-likeness (QED) is 0.312. The second kappa shape index (κ2) is 9.32. The molecule has 6 rings (SSSR count). The highest BCUT2D eigenvalue weighted by Crippen LogP contribution is 2.33. The van der Waals surface area contributed by atoms with E-state index in [0.29, 0.717) is 6.54 Å². The van der Waals surface area contributed by atoms with Gasteiger partial charge in [0.15, 0.2) is 5.54 Å². The highest BCUT2D eigenvalue weighted by molar-refractivity contribution is 5.81. The molecule has 3 aromatic carbocycles. The standard InChI is InChI=1S/C31H27N3O3/c1-21-26(23-6-3-2-4-7-23)8-5-9-27(21)25-14-15-34-28(18-32-29(34)16-25)24-12-10-22(11-13-24)17-33-31(30(35)36)19-37-20-31/h2-16,18,33H,17,19-20H2,1H3,(H,35,36). The van der Waals surface area contributed by atoms with E-state index >= 15 is 0 Å². The first-order valence-electron chi connectivity index (χ1n) is 12.3. The van der Waals surface area contributed by atoms with Gasteiger partial charge in [-0.1, -0.05) is 72.8 Å². The number of nitrogens with one attached hydrogen (secondary N) is 1. The summed E-state index contributed by atoms with van der Waals surface area (Å²) in [5.74, 6) is -0.873. The van der Waals surface area contributed by atoms with E-state index in [1.54, 1.807) is 0 Å². The highest BCUT2D eigenvalue weighted by atomic mass is 16.5. The number of aliphatic carboxylic acids is 1. The van der Waals surface area contributed by atoms with Crippen molar-refractivity contribution in [2.45, 2.75) is 19.0 Å².